The Balaban J connectivity index is 2.34. The number of carbonyl (C=O) groups excluding carboxylic acids is 1. The molecule has 0 aliphatic carbocycles. The van der Waals surface area contributed by atoms with Gasteiger partial charge in [-0.25, -0.2) is 14.8 Å². The normalized spacial score (nSPS) is 15.7. The zero-order valence-corrected chi connectivity index (χ0v) is 11.8. The van der Waals surface area contributed by atoms with Crippen LogP contribution in [0.3, 0.4) is 0 Å². The lowest BCUT2D eigenvalue weighted by Crippen LogP contribution is -2.31. The van der Waals surface area contributed by atoms with Crippen LogP contribution >= 0.6 is 0 Å². The summed E-state index contributed by atoms with van der Waals surface area (Å²) in [5.74, 6) is 0.457. The van der Waals surface area contributed by atoms with Crippen LogP contribution in [0, 0.1) is 0 Å². The van der Waals surface area contributed by atoms with Crippen LogP contribution in [0.15, 0.2) is 6.20 Å². The molecule has 0 bridgehead atoms. The SMILES string of the molecule is COC(=O)c1nc(N2CCCCC2)ncc1C(C)C. The fraction of sp³-hybridized carbons (Fsp3) is 0.643. The van der Waals surface area contributed by atoms with Crippen LogP contribution < -0.4 is 4.90 Å². The van der Waals surface area contributed by atoms with Gasteiger partial charge in [-0.15, -0.1) is 0 Å². The number of hydrogen-bond acceptors (Lipinski definition) is 5. The molecule has 1 saturated heterocycles. The molecule has 1 fully saturated rings. The zero-order valence-electron chi connectivity index (χ0n) is 11.8. The monoisotopic (exact) mass is 263 g/mol. The maximum atomic E-state index is 11.8. The molecule has 0 N–H and O–H groups in total. The van der Waals surface area contributed by atoms with Crippen molar-refractivity contribution in [2.75, 3.05) is 25.1 Å². The molecule has 5 heteroatoms. The van der Waals surface area contributed by atoms with Gasteiger partial charge in [0.05, 0.1) is 7.11 Å². The molecule has 1 aliphatic heterocycles. The predicted molar refractivity (Wildman–Crippen MR) is 73.5 cm³/mol. The summed E-state index contributed by atoms with van der Waals surface area (Å²) in [5, 5.41) is 0. The smallest absolute Gasteiger partial charge is 0.357 e. The van der Waals surface area contributed by atoms with E-state index in [0.717, 1.165) is 31.5 Å². The van der Waals surface area contributed by atoms with Crippen molar-refractivity contribution in [1.82, 2.24) is 9.97 Å². The average molecular weight is 263 g/mol. The topological polar surface area (TPSA) is 55.3 Å². The second-order valence-electron chi connectivity index (χ2n) is 5.17. The molecule has 104 valence electrons. The van der Waals surface area contributed by atoms with Gasteiger partial charge in [0.25, 0.3) is 0 Å². The molecule has 1 aromatic heterocycles. The van der Waals surface area contributed by atoms with Gasteiger partial charge in [-0.3, -0.25) is 0 Å². The van der Waals surface area contributed by atoms with Gasteiger partial charge in [-0.2, -0.15) is 0 Å². The highest BCUT2D eigenvalue weighted by molar-refractivity contribution is 5.89. The lowest BCUT2D eigenvalue weighted by molar-refractivity contribution is 0.0592. The van der Waals surface area contributed by atoms with E-state index in [1.807, 2.05) is 13.8 Å². The van der Waals surface area contributed by atoms with Crippen LogP contribution in [0.2, 0.25) is 0 Å². The highest BCUT2D eigenvalue weighted by atomic mass is 16.5. The van der Waals surface area contributed by atoms with Crippen molar-refractivity contribution in [3.63, 3.8) is 0 Å². The second kappa shape index (κ2) is 5.99. The van der Waals surface area contributed by atoms with Crippen molar-refractivity contribution >= 4 is 11.9 Å². The fourth-order valence-corrected chi connectivity index (χ4v) is 2.31. The second-order valence-corrected chi connectivity index (χ2v) is 5.17. The maximum absolute atomic E-state index is 11.8. The minimum atomic E-state index is -0.385. The first-order chi connectivity index (χ1) is 9.13. The number of esters is 1. The van der Waals surface area contributed by atoms with Crippen molar-refractivity contribution in [3.05, 3.63) is 17.5 Å². The highest BCUT2D eigenvalue weighted by Gasteiger charge is 2.21. The number of hydrogen-bond donors (Lipinski definition) is 0. The van der Waals surface area contributed by atoms with E-state index in [2.05, 4.69) is 14.9 Å². The number of nitrogens with zero attached hydrogens (tertiary/aromatic N) is 3. The van der Waals surface area contributed by atoms with Crippen LogP contribution in [0.4, 0.5) is 5.95 Å². The summed E-state index contributed by atoms with van der Waals surface area (Å²) >= 11 is 0. The Labute approximate surface area is 114 Å². The molecule has 19 heavy (non-hydrogen) atoms. The molecule has 0 unspecified atom stereocenters. The van der Waals surface area contributed by atoms with Gasteiger partial charge < -0.3 is 9.64 Å². The zero-order chi connectivity index (χ0) is 13.8. The third-order valence-corrected chi connectivity index (χ3v) is 3.44. The van der Waals surface area contributed by atoms with E-state index in [9.17, 15) is 4.79 Å². The van der Waals surface area contributed by atoms with Crippen molar-refractivity contribution in [1.29, 1.82) is 0 Å². The Hall–Kier alpha value is -1.65. The third kappa shape index (κ3) is 3.03. The number of aromatic nitrogens is 2. The molecule has 0 saturated carbocycles. The quantitative estimate of drug-likeness (QED) is 0.784. The Bertz CT molecular complexity index is 454. The average Bonchev–Trinajstić information content (AvgIpc) is 2.46. The summed E-state index contributed by atoms with van der Waals surface area (Å²) in [6, 6.07) is 0. The molecule has 1 aliphatic rings. The van der Waals surface area contributed by atoms with E-state index < -0.39 is 0 Å². The predicted octanol–water partition coefficient (Wildman–Crippen LogP) is 2.38. The molecule has 0 radical (unpaired) electrons. The molecule has 2 rings (SSSR count). The lowest BCUT2D eigenvalue weighted by Gasteiger charge is -2.27. The van der Waals surface area contributed by atoms with Crippen LogP contribution in [0.25, 0.3) is 0 Å². The van der Waals surface area contributed by atoms with Gasteiger partial charge >= 0.3 is 5.97 Å². The summed E-state index contributed by atoms with van der Waals surface area (Å²) in [6.45, 7) is 5.96. The number of carbonyl (C=O) groups is 1. The lowest BCUT2D eigenvalue weighted by atomic mass is 10.0. The number of ether oxygens (including phenoxy) is 1. The minimum Gasteiger partial charge on any atom is -0.464 e. The molecule has 0 amide bonds. The maximum Gasteiger partial charge on any atom is 0.357 e. The Morgan fingerprint density at radius 3 is 2.58 bits per heavy atom. The Kier molecular flexibility index (Phi) is 4.35. The number of anilines is 1. The summed E-state index contributed by atoms with van der Waals surface area (Å²) in [4.78, 5) is 22.8. The van der Waals surface area contributed by atoms with Crippen LogP contribution in [-0.2, 0) is 4.74 Å². The molecule has 1 aromatic rings. The van der Waals surface area contributed by atoms with Gasteiger partial charge in [0.15, 0.2) is 5.69 Å². The molecule has 2 heterocycles. The molecule has 0 atom stereocenters. The number of piperidine rings is 1. The van der Waals surface area contributed by atoms with Crippen molar-refractivity contribution in [3.8, 4) is 0 Å². The van der Waals surface area contributed by atoms with E-state index in [0.29, 0.717) is 11.6 Å². The van der Waals surface area contributed by atoms with Crippen molar-refractivity contribution < 1.29 is 9.53 Å². The van der Waals surface area contributed by atoms with Crippen LogP contribution in [-0.4, -0.2) is 36.1 Å². The summed E-state index contributed by atoms with van der Waals surface area (Å²) in [6.07, 6.45) is 5.32. The Morgan fingerprint density at radius 2 is 2.00 bits per heavy atom. The fourth-order valence-electron chi connectivity index (χ4n) is 2.31. The largest absolute Gasteiger partial charge is 0.464 e. The molecule has 0 spiro atoms. The standard InChI is InChI=1S/C14H21N3O2/c1-10(2)11-9-15-14(16-12(11)13(18)19-3)17-7-5-4-6-8-17/h9-10H,4-8H2,1-3H3. The minimum absolute atomic E-state index is 0.199. The first kappa shape index (κ1) is 13.8. The highest BCUT2D eigenvalue weighted by Crippen LogP contribution is 2.22. The first-order valence-electron chi connectivity index (χ1n) is 6.83. The van der Waals surface area contributed by atoms with Gasteiger partial charge in [0.1, 0.15) is 0 Å². The molecular formula is C14H21N3O2. The number of methoxy groups -OCH3 is 1. The van der Waals surface area contributed by atoms with Crippen molar-refractivity contribution in [2.24, 2.45) is 0 Å². The summed E-state index contributed by atoms with van der Waals surface area (Å²) in [5.41, 5.74) is 1.24. The third-order valence-electron chi connectivity index (χ3n) is 3.44. The van der Waals surface area contributed by atoms with E-state index in [-0.39, 0.29) is 11.9 Å². The van der Waals surface area contributed by atoms with Gasteiger partial charge in [0.2, 0.25) is 5.95 Å². The van der Waals surface area contributed by atoms with E-state index in [1.165, 1.54) is 13.5 Å². The van der Waals surface area contributed by atoms with Gasteiger partial charge in [-0.1, -0.05) is 13.8 Å². The van der Waals surface area contributed by atoms with E-state index in [4.69, 9.17) is 4.74 Å². The summed E-state index contributed by atoms with van der Waals surface area (Å²) in [7, 11) is 1.38. The van der Waals surface area contributed by atoms with Crippen LogP contribution in [0.5, 0.6) is 0 Å². The summed E-state index contributed by atoms with van der Waals surface area (Å²) < 4.78 is 4.82. The number of rotatable bonds is 3. The van der Waals surface area contributed by atoms with Gasteiger partial charge in [-0.05, 0) is 25.2 Å². The van der Waals surface area contributed by atoms with E-state index in [1.54, 1.807) is 6.20 Å². The van der Waals surface area contributed by atoms with Crippen LogP contribution in [0.1, 0.15) is 55.1 Å². The molecule has 0 aromatic carbocycles. The Morgan fingerprint density at radius 1 is 1.32 bits per heavy atom. The first-order valence-corrected chi connectivity index (χ1v) is 6.83. The van der Waals surface area contributed by atoms with Gasteiger partial charge in [0, 0.05) is 24.8 Å². The molecular weight excluding hydrogens is 242 g/mol. The van der Waals surface area contributed by atoms with E-state index >= 15 is 0 Å². The van der Waals surface area contributed by atoms with Crippen molar-refractivity contribution in [2.45, 2.75) is 39.0 Å². The molecule has 5 nitrogen and oxygen atoms in total.